The molecule has 1 aromatic heterocycles. The third-order valence-corrected chi connectivity index (χ3v) is 8.84. The van der Waals surface area contributed by atoms with Crippen molar-refractivity contribution in [3.63, 3.8) is 0 Å². The normalized spacial score (nSPS) is 22.9. The molecule has 2 aromatic rings. The van der Waals surface area contributed by atoms with Gasteiger partial charge in [-0.3, -0.25) is 19.2 Å². The minimum Gasteiger partial charge on any atom is -0.351 e. The molecular formula is C32H44N4O4. The van der Waals surface area contributed by atoms with Crippen LogP contribution in [0, 0.1) is 35.5 Å². The van der Waals surface area contributed by atoms with Gasteiger partial charge in [0.25, 0.3) is 5.91 Å². The highest BCUT2D eigenvalue weighted by Gasteiger charge is 2.69. The first-order valence-corrected chi connectivity index (χ1v) is 14.2. The number of hydrogen-bond donors (Lipinski definition) is 3. The second kappa shape index (κ2) is 10.5. The van der Waals surface area contributed by atoms with E-state index >= 15 is 0 Å². The highest BCUT2D eigenvalue weighted by Crippen LogP contribution is 2.65. The third kappa shape index (κ3) is 5.45. The van der Waals surface area contributed by atoms with Crippen molar-refractivity contribution in [1.29, 1.82) is 0 Å². The van der Waals surface area contributed by atoms with Gasteiger partial charge in [-0.25, -0.2) is 0 Å². The van der Waals surface area contributed by atoms with Gasteiger partial charge in [-0.1, -0.05) is 67.2 Å². The molecule has 5 atom stereocenters. The van der Waals surface area contributed by atoms with Crippen LogP contribution >= 0.6 is 0 Å². The Kier molecular flexibility index (Phi) is 7.78. The number of hydrogen-bond acceptors (Lipinski definition) is 4. The summed E-state index contributed by atoms with van der Waals surface area (Å²) in [5.41, 5.74) is 1.69. The van der Waals surface area contributed by atoms with Crippen molar-refractivity contribution in [2.24, 2.45) is 28.6 Å². The number of ketones is 1. The number of aromatic amines is 1. The number of piperidine rings is 1. The maximum atomic E-state index is 14.1. The first-order valence-electron chi connectivity index (χ1n) is 14.2. The molecule has 40 heavy (non-hydrogen) atoms. The molecular weight excluding hydrogens is 504 g/mol. The van der Waals surface area contributed by atoms with Crippen molar-refractivity contribution < 1.29 is 19.2 Å². The Morgan fingerprint density at radius 3 is 2.42 bits per heavy atom. The van der Waals surface area contributed by atoms with Gasteiger partial charge in [0.1, 0.15) is 17.8 Å². The molecule has 0 radical (unpaired) electrons. The number of aromatic nitrogens is 1. The molecule has 8 heteroatoms. The van der Waals surface area contributed by atoms with Gasteiger partial charge in [0.2, 0.25) is 11.8 Å². The van der Waals surface area contributed by atoms with Crippen LogP contribution < -0.4 is 10.6 Å². The Morgan fingerprint density at radius 2 is 1.85 bits per heavy atom. The van der Waals surface area contributed by atoms with Gasteiger partial charge < -0.3 is 20.5 Å². The molecule has 1 aromatic carbocycles. The number of fused-ring (bicyclic) bond motifs is 2. The fraction of sp³-hybridized carbons (Fsp3) is 0.562. The molecule has 1 aliphatic heterocycles. The average molecular weight is 549 g/mol. The summed E-state index contributed by atoms with van der Waals surface area (Å²) in [7, 11) is 0. The lowest BCUT2D eigenvalue weighted by atomic mass is 9.83. The van der Waals surface area contributed by atoms with Gasteiger partial charge in [0, 0.05) is 17.4 Å². The lowest BCUT2D eigenvalue weighted by Crippen LogP contribution is -2.59. The van der Waals surface area contributed by atoms with Gasteiger partial charge in [-0.15, -0.1) is 0 Å². The molecule has 0 spiro atoms. The summed E-state index contributed by atoms with van der Waals surface area (Å²) < 4.78 is 0. The summed E-state index contributed by atoms with van der Waals surface area (Å²) in [6.07, 6.45) is 1.67. The molecule has 1 saturated heterocycles. The lowest BCUT2D eigenvalue weighted by Gasteiger charge is -2.36. The Morgan fingerprint density at radius 1 is 1.18 bits per heavy atom. The van der Waals surface area contributed by atoms with Crippen LogP contribution in [0.3, 0.4) is 0 Å². The fourth-order valence-corrected chi connectivity index (χ4v) is 6.43. The summed E-state index contributed by atoms with van der Waals surface area (Å²) in [5.74, 6) is -0.908. The van der Waals surface area contributed by atoms with Crippen LogP contribution in [0.4, 0.5) is 0 Å². The molecule has 1 unspecified atom stereocenters. The van der Waals surface area contributed by atoms with E-state index in [4.69, 9.17) is 0 Å². The van der Waals surface area contributed by atoms with E-state index in [2.05, 4.69) is 36.0 Å². The average Bonchev–Trinajstić information content (AvgIpc) is 3.24. The van der Waals surface area contributed by atoms with Gasteiger partial charge in [-0.05, 0) is 65.7 Å². The largest absolute Gasteiger partial charge is 0.351 e. The number of carbonyl (C=O) groups excluding carboxylic acids is 4. The lowest BCUT2D eigenvalue weighted by molar-refractivity contribution is -0.143. The predicted molar refractivity (Wildman–Crippen MR) is 157 cm³/mol. The number of rotatable bonds is 9. The number of nitrogens with one attached hydrogen (secondary N) is 3. The Balaban J connectivity index is 1.59. The third-order valence-electron chi connectivity index (χ3n) is 8.84. The summed E-state index contributed by atoms with van der Waals surface area (Å²) in [5, 5.41) is 6.87. The second-order valence-corrected chi connectivity index (χ2v) is 13.7. The molecule has 3 N–H and O–H groups in total. The maximum absolute atomic E-state index is 14.1. The molecule has 1 aliphatic carbocycles. The zero-order valence-electron chi connectivity index (χ0n) is 25.1. The van der Waals surface area contributed by atoms with Gasteiger partial charge >= 0.3 is 0 Å². The zero-order valence-corrected chi connectivity index (χ0v) is 25.1. The van der Waals surface area contributed by atoms with Crippen molar-refractivity contribution in [1.82, 2.24) is 20.5 Å². The highest BCUT2D eigenvalue weighted by atomic mass is 16.2. The van der Waals surface area contributed by atoms with E-state index in [0.29, 0.717) is 18.7 Å². The summed E-state index contributed by atoms with van der Waals surface area (Å²) in [6.45, 7) is 19.9. The van der Waals surface area contributed by atoms with Crippen molar-refractivity contribution >= 4 is 34.4 Å². The number of H-pyrrole nitrogens is 1. The Hall–Kier alpha value is -3.42. The van der Waals surface area contributed by atoms with Gasteiger partial charge in [-0.2, -0.15) is 0 Å². The molecule has 1 saturated carbocycles. The van der Waals surface area contributed by atoms with Crippen LogP contribution in [-0.4, -0.2) is 58.1 Å². The number of likely N-dealkylation sites (tertiary alicyclic amines) is 1. The van der Waals surface area contributed by atoms with E-state index in [9.17, 15) is 19.2 Å². The quantitative estimate of drug-likeness (QED) is 0.404. The summed E-state index contributed by atoms with van der Waals surface area (Å²) in [4.78, 5) is 58.7. The minimum absolute atomic E-state index is 0.0111. The van der Waals surface area contributed by atoms with Crippen LogP contribution in [0.25, 0.3) is 10.9 Å². The van der Waals surface area contributed by atoms with Crippen LogP contribution in [0.15, 0.2) is 36.9 Å². The number of benzene rings is 1. The summed E-state index contributed by atoms with van der Waals surface area (Å²) in [6, 6.07) is 5.39. The minimum atomic E-state index is -0.788. The first kappa shape index (κ1) is 29.6. The van der Waals surface area contributed by atoms with E-state index in [1.165, 1.54) is 6.08 Å². The van der Waals surface area contributed by atoms with Crippen molar-refractivity contribution in [3.05, 3.63) is 48.2 Å². The summed E-state index contributed by atoms with van der Waals surface area (Å²) >= 11 is 0. The van der Waals surface area contributed by atoms with E-state index in [0.717, 1.165) is 16.5 Å². The van der Waals surface area contributed by atoms with Gasteiger partial charge in [0.05, 0.1) is 6.04 Å². The van der Waals surface area contributed by atoms with Crippen LogP contribution in [0.2, 0.25) is 0 Å². The van der Waals surface area contributed by atoms with Crippen molar-refractivity contribution in [2.45, 2.75) is 79.9 Å². The monoisotopic (exact) mass is 548 g/mol. The molecule has 8 nitrogen and oxygen atoms in total. The maximum Gasteiger partial charge on any atom is 0.268 e. The zero-order chi connectivity index (χ0) is 29.7. The van der Waals surface area contributed by atoms with Crippen molar-refractivity contribution in [2.75, 3.05) is 6.54 Å². The molecule has 216 valence electrons. The standard InChI is InChI=1S/C32H44N4O4/c1-10-24(37)27(31(5,6)7)35-29(39)26-25-20(32(25,8)9)16-36(26)30(40)23(14-17(2)3)34-28(38)22-15-19-18(4)12-11-13-21(19)33-22/h10-13,15,17,20,23,25-27,33H,1,14,16H2,2-9H3,(H,34,38)(H,35,39)/t20?,23-,25-,26-,27+/m0/s1. The number of amides is 3. The smallest absolute Gasteiger partial charge is 0.268 e. The highest BCUT2D eigenvalue weighted by molar-refractivity contribution is 6.02. The number of carbonyl (C=O) groups is 4. The van der Waals surface area contributed by atoms with E-state index < -0.39 is 23.5 Å². The van der Waals surface area contributed by atoms with Crippen LogP contribution in [0.5, 0.6) is 0 Å². The van der Waals surface area contributed by atoms with E-state index in [-0.39, 0.29) is 46.7 Å². The van der Waals surface area contributed by atoms with Crippen LogP contribution in [-0.2, 0) is 14.4 Å². The Labute approximate surface area is 237 Å². The molecule has 2 fully saturated rings. The molecule has 2 aliphatic rings. The molecule has 0 bridgehead atoms. The van der Waals surface area contributed by atoms with E-state index in [1.807, 2.05) is 65.8 Å². The Bertz CT molecular complexity index is 1350. The fourth-order valence-electron chi connectivity index (χ4n) is 6.43. The van der Waals surface area contributed by atoms with Gasteiger partial charge in [0.15, 0.2) is 5.78 Å². The molecule has 3 amide bonds. The van der Waals surface area contributed by atoms with Crippen LogP contribution in [0.1, 0.15) is 70.9 Å². The van der Waals surface area contributed by atoms with E-state index in [1.54, 1.807) is 4.90 Å². The second-order valence-electron chi connectivity index (χ2n) is 13.7. The molecule has 2 heterocycles. The predicted octanol–water partition coefficient (Wildman–Crippen LogP) is 4.39. The molecule has 4 rings (SSSR count). The number of aryl methyl sites for hydroxylation is 1. The SMILES string of the molecule is C=CC(=O)[C@@H](NC(=O)[C@@H]1[C@@H]2C(CN1C(=O)[C@H](CC(C)C)NC(=O)c1cc3c(C)cccc3[nH]1)C2(C)C)C(C)(C)C. The van der Waals surface area contributed by atoms with Crippen molar-refractivity contribution in [3.8, 4) is 0 Å². The topological polar surface area (TPSA) is 111 Å². The number of nitrogens with zero attached hydrogens (tertiary/aromatic N) is 1. The first-order chi connectivity index (χ1) is 18.6.